The molecule has 1 heterocycles. The molecule has 7 nitrogen and oxygen atoms in total. The van der Waals surface area contributed by atoms with Crippen LogP contribution in [0.3, 0.4) is 0 Å². The lowest BCUT2D eigenvalue weighted by Gasteiger charge is -2.14. The Labute approximate surface area is 122 Å². The summed E-state index contributed by atoms with van der Waals surface area (Å²) < 4.78 is 9.85. The number of aliphatic carboxylic acids is 1. The predicted molar refractivity (Wildman–Crippen MR) is 72.8 cm³/mol. The van der Waals surface area contributed by atoms with E-state index >= 15 is 0 Å². The van der Waals surface area contributed by atoms with Crippen LogP contribution in [0.4, 0.5) is 0 Å². The van der Waals surface area contributed by atoms with Gasteiger partial charge in [0.2, 0.25) is 0 Å². The van der Waals surface area contributed by atoms with Crippen LogP contribution in [0.5, 0.6) is 0 Å². The summed E-state index contributed by atoms with van der Waals surface area (Å²) in [6, 6.07) is 0.333. The van der Waals surface area contributed by atoms with Crippen LogP contribution in [0.1, 0.15) is 42.8 Å². The molecule has 0 bridgehead atoms. The molecule has 2 N–H and O–H groups in total. The fourth-order valence-electron chi connectivity index (χ4n) is 1.81. The maximum absolute atomic E-state index is 12.0. The zero-order chi connectivity index (χ0) is 15.8. The number of hydrogen-bond donors (Lipinski definition) is 2. The number of carboxylic acids is 1. The minimum Gasteiger partial charge on any atom is -0.480 e. The van der Waals surface area contributed by atoms with Crippen molar-refractivity contribution in [3.8, 4) is 0 Å². The standard InChI is InChI=1S/C14H19NO6/c1-3-11-9(7-8-21-11)13(17)15-10(14(18)19)5-6-12(16)20-4-2/h7-8,10H,3-6H2,1-2H3,(H,15,17)(H,18,19)/t10-/m0/s1. The van der Waals surface area contributed by atoms with Crippen LogP contribution in [0.25, 0.3) is 0 Å². The fourth-order valence-corrected chi connectivity index (χ4v) is 1.81. The highest BCUT2D eigenvalue weighted by atomic mass is 16.5. The summed E-state index contributed by atoms with van der Waals surface area (Å²) in [5, 5.41) is 11.5. The molecule has 0 aliphatic heterocycles. The molecular weight excluding hydrogens is 278 g/mol. The Hall–Kier alpha value is -2.31. The molecule has 0 aliphatic rings. The van der Waals surface area contributed by atoms with Crippen molar-refractivity contribution >= 4 is 17.8 Å². The van der Waals surface area contributed by atoms with Crippen LogP contribution in [0.2, 0.25) is 0 Å². The zero-order valence-electron chi connectivity index (χ0n) is 12.0. The van der Waals surface area contributed by atoms with E-state index in [-0.39, 0.29) is 19.4 Å². The van der Waals surface area contributed by atoms with Crippen molar-refractivity contribution in [3.05, 3.63) is 23.7 Å². The van der Waals surface area contributed by atoms with E-state index in [1.807, 2.05) is 6.92 Å². The second-order valence-corrected chi connectivity index (χ2v) is 4.32. The quantitative estimate of drug-likeness (QED) is 0.702. The number of carboxylic acid groups (broad SMARTS) is 1. The smallest absolute Gasteiger partial charge is 0.326 e. The number of nitrogens with one attached hydrogen (secondary N) is 1. The lowest BCUT2D eigenvalue weighted by Crippen LogP contribution is -2.41. The van der Waals surface area contributed by atoms with Gasteiger partial charge in [-0.15, -0.1) is 0 Å². The third-order valence-electron chi connectivity index (χ3n) is 2.86. The third kappa shape index (κ3) is 4.94. The maximum atomic E-state index is 12.0. The first kappa shape index (κ1) is 16.7. The molecule has 0 radical (unpaired) electrons. The number of aryl methyl sites for hydroxylation is 1. The van der Waals surface area contributed by atoms with Crippen molar-refractivity contribution < 1.29 is 28.6 Å². The largest absolute Gasteiger partial charge is 0.480 e. The summed E-state index contributed by atoms with van der Waals surface area (Å²) in [5.74, 6) is -1.73. The van der Waals surface area contributed by atoms with Gasteiger partial charge in [-0.1, -0.05) is 6.92 Å². The van der Waals surface area contributed by atoms with Gasteiger partial charge in [0.15, 0.2) is 0 Å². The van der Waals surface area contributed by atoms with Gasteiger partial charge in [0.1, 0.15) is 11.8 Å². The molecule has 7 heteroatoms. The summed E-state index contributed by atoms with van der Waals surface area (Å²) in [5.41, 5.74) is 0.305. The van der Waals surface area contributed by atoms with Crippen molar-refractivity contribution in [2.24, 2.45) is 0 Å². The molecule has 0 fully saturated rings. The summed E-state index contributed by atoms with van der Waals surface area (Å²) in [7, 11) is 0. The minimum absolute atomic E-state index is 0.0286. The van der Waals surface area contributed by atoms with E-state index in [0.717, 1.165) is 0 Å². The van der Waals surface area contributed by atoms with Crippen LogP contribution >= 0.6 is 0 Å². The molecule has 1 rings (SSSR count). The number of ether oxygens (including phenoxy) is 1. The van der Waals surface area contributed by atoms with Gasteiger partial charge in [-0.05, 0) is 19.4 Å². The average molecular weight is 297 g/mol. The summed E-state index contributed by atoms with van der Waals surface area (Å²) in [6.45, 7) is 3.72. The van der Waals surface area contributed by atoms with E-state index in [1.165, 1.54) is 12.3 Å². The van der Waals surface area contributed by atoms with Crippen LogP contribution in [-0.2, 0) is 20.7 Å². The molecule has 0 aliphatic carbocycles. The van der Waals surface area contributed by atoms with E-state index in [2.05, 4.69) is 5.32 Å². The molecule has 0 unspecified atom stereocenters. The Morgan fingerprint density at radius 1 is 1.38 bits per heavy atom. The highest BCUT2D eigenvalue weighted by Crippen LogP contribution is 2.12. The zero-order valence-corrected chi connectivity index (χ0v) is 12.0. The molecular formula is C14H19NO6. The van der Waals surface area contributed by atoms with E-state index < -0.39 is 23.9 Å². The number of rotatable bonds is 8. The number of esters is 1. The molecule has 1 aromatic heterocycles. The first-order chi connectivity index (χ1) is 9.99. The Kier molecular flexibility index (Phi) is 6.45. The molecule has 0 aromatic carbocycles. The van der Waals surface area contributed by atoms with E-state index in [4.69, 9.17) is 14.3 Å². The van der Waals surface area contributed by atoms with Gasteiger partial charge < -0.3 is 19.6 Å². The Morgan fingerprint density at radius 3 is 2.67 bits per heavy atom. The van der Waals surface area contributed by atoms with Crippen molar-refractivity contribution in [2.75, 3.05) is 6.61 Å². The Balaban J connectivity index is 2.64. The van der Waals surface area contributed by atoms with E-state index in [9.17, 15) is 14.4 Å². The van der Waals surface area contributed by atoms with Gasteiger partial charge in [-0.3, -0.25) is 9.59 Å². The van der Waals surface area contributed by atoms with Crippen molar-refractivity contribution in [1.29, 1.82) is 0 Å². The van der Waals surface area contributed by atoms with E-state index in [1.54, 1.807) is 6.92 Å². The third-order valence-corrected chi connectivity index (χ3v) is 2.86. The van der Waals surface area contributed by atoms with Gasteiger partial charge in [0, 0.05) is 12.8 Å². The number of carbonyl (C=O) groups excluding carboxylic acids is 2. The number of furan rings is 1. The average Bonchev–Trinajstić information content (AvgIpc) is 2.91. The van der Waals surface area contributed by atoms with Gasteiger partial charge in [0.05, 0.1) is 18.4 Å². The van der Waals surface area contributed by atoms with Gasteiger partial charge in [0.25, 0.3) is 5.91 Å². The van der Waals surface area contributed by atoms with Crippen LogP contribution < -0.4 is 5.32 Å². The molecule has 0 spiro atoms. The molecule has 0 saturated carbocycles. The summed E-state index contributed by atoms with van der Waals surface area (Å²) >= 11 is 0. The maximum Gasteiger partial charge on any atom is 0.326 e. The van der Waals surface area contributed by atoms with Crippen molar-refractivity contribution in [3.63, 3.8) is 0 Å². The van der Waals surface area contributed by atoms with E-state index in [0.29, 0.717) is 17.7 Å². The second kappa shape index (κ2) is 8.08. The highest BCUT2D eigenvalue weighted by Gasteiger charge is 2.23. The van der Waals surface area contributed by atoms with Gasteiger partial charge >= 0.3 is 11.9 Å². The highest BCUT2D eigenvalue weighted by molar-refractivity contribution is 5.97. The molecule has 0 saturated heterocycles. The SMILES string of the molecule is CCOC(=O)CC[C@H](NC(=O)c1ccoc1CC)C(=O)O. The van der Waals surface area contributed by atoms with Crippen molar-refractivity contribution in [1.82, 2.24) is 5.32 Å². The second-order valence-electron chi connectivity index (χ2n) is 4.32. The lowest BCUT2D eigenvalue weighted by atomic mass is 10.1. The fraction of sp³-hybridized carbons (Fsp3) is 0.500. The van der Waals surface area contributed by atoms with Crippen LogP contribution in [0, 0.1) is 0 Å². The normalized spacial score (nSPS) is 11.7. The Bertz CT molecular complexity index is 507. The first-order valence-corrected chi connectivity index (χ1v) is 6.75. The first-order valence-electron chi connectivity index (χ1n) is 6.75. The van der Waals surface area contributed by atoms with Crippen molar-refractivity contribution in [2.45, 2.75) is 39.2 Å². The van der Waals surface area contributed by atoms with Crippen LogP contribution in [0.15, 0.2) is 16.7 Å². The number of amides is 1. The summed E-state index contributed by atoms with van der Waals surface area (Å²) in [4.78, 5) is 34.4. The lowest BCUT2D eigenvalue weighted by molar-refractivity contribution is -0.144. The topological polar surface area (TPSA) is 106 Å². The van der Waals surface area contributed by atoms with Gasteiger partial charge in [-0.2, -0.15) is 0 Å². The molecule has 1 aromatic rings. The molecule has 1 atom stereocenters. The summed E-state index contributed by atoms with van der Waals surface area (Å²) in [6.07, 6.45) is 1.80. The van der Waals surface area contributed by atoms with Gasteiger partial charge in [-0.25, -0.2) is 4.79 Å². The number of hydrogen-bond acceptors (Lipinski definition) is 5. The minimum atomic E-state index is -1.20. The monoisotopic (exact) mass is 297 g/mol. The Morgan fingerprint density at radius 2 is 2.10 bits per heavy atom. The predicted octanol–water partition coefficient (Wildman–Crippen LogP) is 1.37. The molecule has 21 heavy (non-hydrogen) atoms. The molecule has 1 amide bonds. The number of carbonyl (C=O) groups is 3. The molecule has 116 valence electrons. The van der Waals surface area contributed by atoms with Crippen LogP contribution in [-0.4, -0.2) is 35.6 Å².